The van der Waals surface area contributed by atoms with Crippen molar-refractivity contribution in [1.82, 2.24) is 15.0 Å². The fourth-order valence-corrected chi connectivity index (χ4v) is 2.22. The van der Waals surface area contributed by atoms with Crippen molar-refractivity contribution in [2.75, 3.05) is 19.8 Å². The van der Waals surface area contributed by atoms with Crippen molar-refractivity contribution in [3.05, 3.63) is 11.9 Å². The van der Waals surface area contributed by atoms with E-state index in [1.54, 1.807) is 10.9 Å². The molecule has 1 aromatic heterocycles. The number of nitrogens with zero attached hydrogens (tertiary/aromatic N) is 3. The Hall–Kier alpha value is -1.96. The van der Waals surface area contributed by atoms with Gasteiger partial charge < -0.3 is 14.2 Å². The molecule has 0 aromatic carbocycles. The van der Waals surface area contributed by atoms with Gasteiger partial charge in [0.05, 0.1) is 12.8 Å². The van der Waals surface area contributed by atoms with Gasteiger partial charge in [-0.15, -0.1) is 5.10 Å². The fraction of sp³-hybridized carbons (Fsp3) is 0.789. The molecular formula is C19H33N3O5. The zero-order valence-corrected chi connectivity index (χ0v) is 17.0. The molecule has 8 heteroatoms. The SMILES string of the molecule is CC(C)CCCC(=O)OCCOCCCC(=O)OCc1cn(C(C)C)nn1. The molecule has 1 heterocycles. The van der Waals surface area contributed by atoms with Gasteiger partial charge in [0, 0.05) is 25.5 Å². The molecule has 0 saturated heterocycles. The lowest BCUT2D eigenvalue weighted by Crippen LogP contribution is -2.12. The summed E-state index contributed by atoms with van der Waals surface area (Å²) >= 11 is 0. The standard InChI is InChI=1S/C19H33N3O5/c1-15(2)7-5-8-18(23)26-12-11-25-10-6-9-19(24)27-14-17-13-22(16(3)4)21-20-17/h13,15-16H,5-12,14H2,1-4H3. The summed E-state index contributed by atoms with van der Waals surface area (Å²) < 4.78 is 17.3. The zero-order chi connectivity index (χ0) is 20.1. The van der Waals surface area contributed by atoms with Gasteiger partial charge in [-0.05, 0) is 32.6 Å². The molecule has 8 nitrogen and oxygen atoms in total. The van der Waals surface area contributed by atoms with E-state index in [0.717, 1.165) is 12.8 Å². The Morgan fingerprint density at radius 1 is 1.00 bits per heavy atom. The summed E-state index contributed by atoms with van der Waals surface area (Å²) in [6.45, 7) is 9.39. The van der Waals surface area contributed by atoms with E-state index in [0.29, 0.717) is 37.7 Å². The highest BCUT2D eigenvalue weighted by Crippen LogP contribution is 2.07. The number of hydrogen-bond acceptors (Lipinski definition) is 7. The van der Waals surface area contributed by atoms with Crippen LogP contribution in [0, 0.1) is 5.92 Å². The highest BCUT2D eigenvalue weighted by atomic mass is 16.6. The Kier molecular flexibility index (Phi) is 11.3. The number of hydrogen-bond donors (Lipinski definition) is 0. The predicted molar refractivity (Wildman–Crippen MR) is 99.9 cm³/mol. The molecule has 0 unspecified atom stereocenters. The lowest BCUT2D eigenvalue weighted by Gasteiger charge is -2.07. The minimum absolute atomic E-state index is 0.124. The molecule has 0 bridgehead atoms. The van der Waals surface area contributed by atoms with Gasteiger partial charge in [0.1, 0.15) is 18.9 Å². The van der Waals surface area contributed by atoms with Crippen LogP contribution in [0.2, 0.25) is 0 Å². The van der Waals surface area contributed by atoms with E-state index < -0.39 is 0 Å². The molecule has 0 saturated carbocycles. The van der Waals surface area contributed by atoms with E-state index >= 15 is 0 Å². The van der Waals surface area contributed by atoms with Crippen molar-refractivity contribution in [3.8, 4) is 0 Å². The summed E-state index contributed by atoms with van der Waals surface area (Å²) in [7, 11) is 0. The average Bonchev–Trinajstić information content (AvgIpc) is 3.08. The Balaban J connectivity index is 1.96. The normalized spacial score (nSPS) is 11.2. The second-order valence-electron chi connectivity index (χ2n) is 7.17. The van der Waals surface area contributed by atoms with Crippen molar-refractivity contribution in [2.45, 2.75) is 72.4 Å². The smallest absolute Gasteiger partial charge is 0.306 e. The van der Waals surface area contributed by atoms with E-state index in [2.05, 4.69) is 24.2 Å². The largest absolute Gasteiger partial charge is 0.463 e. The maximum absolute atomic E-state index is 11.7. The molecule has 0 aliphatic heterocycles. The van der Waals surface area contributed by atoms with Crippen LogP contribution in [0.5, 0.6) is 0 Å². The molecule has 1 aromatic rings. The lowest BCUT2D eigenvalue weighted by atomic mass is 10.1. The van der Waals surface area contributed by atoms with Gasteiger partial charge in [0.15, 0.2) is 0 Å². The van der Waals surface area contributed by atoms with Crippen LogP contribution in [0.3, 0.4) is 0 Å². The Morgan fingerprint density at radius 3 is 2.37 bits per heavy atom. The van der Waals surface area contributed by atoms with Gasteiger partial charge in [-0.25, -0.2) is 4.68 Å². The minimum atomic E-state index is -0.297. The summed E-state index contributed by atoms with van der Waals surface area (Å²) in [5, 5.41) is 7.90. The van der Waals surface area contributed by atoms with E-state index in [9.17, 15) is 9.59 Å². The number of carbonyl (C=O) groups is 2. The van der Waals surface area contributed by atoms with Crippen molar-refractivity contribution < 1.29 is 23.8 Å². The van der Waals surface area contributed by atoms with E-state index in [4.69, 9.17) is 14.2 Å². The van der Waals surface area contributed by atoms with Crippen molar-refractivity contribution in [2.24, 2.45) is 5.92 Å². The first-order chi connectivity index (χ1) is 12.9. The van der Waals surface area contributed by atoms with Crippen molar-refractivity contribution in [1.29, 1.82) is 0 Å². The van der Waals surface area contributed by atoms with Crippen LogP contribution < -0.4 is 0 Å². The molecule has 0 spiro atoms. The first-order valence-corrected chi connectivity index (χ1v) is 9.68. The fourth-order valence-electron chi connectivity index (χ4n) is 2.22. The first kappa shape index (κ1) is 23.1. The molecule has 0 aliphatic rings. The topological polar surface area (TPSA) is 92.5 Å². The number of rotatable bonds is 14. The van der Waals surface area contributed by atoms with Crippen molar-refractivity contribution >= 4 is 11.9 Å². The van der Waals surface area contributed by atoms with Gasteiger partial charge in [-0.1, -0.05) is 25.5 Å². The van der Waals surface area contributed by atoms with Crippen LogP contribution in [0.25, 0.3) is 0 Å². The number of carbonyl (C=O) groups excluding carboxylic acids is 2. The third kappa shape index (κ3) is 11.4. The second-order valence-corrected chi connectivity index (χ2v) is 7.17. The molecular weight excluding hydrogens is 350 g/mol. The number of aromatic nitrogens is 3. The summed E-state index contributed by atoms with van der Waals surface area (Å²) in [6.07, 6.45) is 4.93. The lowest BCUT2D eigenvalue weighted by molar-refractivity contribution is -0.145. The molecule has 27 heavy (non-hydrogen) atoms. The van der Waals surface area contributed by atoms with Crippen LogP contribution in [-0.2, 0) is 30.4 Å². The van der Waals surface area contributed by atoms with Crippen LogP contribution in [0.15, 0.2) is 6.20 Å². The Bertz CT molecular complexity index is 557. The minimum Gasteiger partial charge on any atom is -0.463 e. The maximum atomic E-state index is 11.7. The summed E-state index contributed by atoms with van der Waals surface area (Å²) in [5.41, 5.74) is 0.628. The molecule has 0 aliphatic carbocycles. The molecule has 154 valence electrons. The highest BCUT2D eigenvalue weighted by molar-refractivity contribution is 5.69. The quantitative estimate of drug-likeness (QED) is 0.360. The monoisotopic (exact) mass is 383 g/mol. The summed E-state index contributed by atoms with van der Waals surface area (Å²) in [4.78, 5) is 23.2. The van der Waals surface area contributed by atoms with Crippen LogP contribution in [-0.4, -0.2) is 46.8 Å². The van der Waals surface area contributed by atoms with Gasteiger partial charge in [0.2, 0.25) is 0 Å². The third-order valence-electron chi connectivity index (χ3n) is 3.79. The van der Waals surface area contributed by atoms with Crippen LogP contribution in [0.4, 0.5) is 0 Å². The number of ether oxygens (including phenoxy) is 3. The molecule has 0 amide bonds. The van der Waals surface area contributed by atoms with Crippen LogP contribution >= 0.6 is 0 Å². The van der Waals surface area contributed by atoms with Gasteiger partial charge in [-0.2, -0.15) is 0 Å². The second kappa shape index (κ2) is 13.2. The highest BCUT2D eigenvalue weighted by Gasteiger charge is 2.08. The van der Waals surface area contributed by atoms with E-state index in [1.807, 2.05) is 13.8 Å². The summed E-state index contributed by atoms with van der Waals surface area (Å²) in [6, 6.07) is 0.221. The third-order valence-corrected chi connectivity index (χ3v) is 3.79. The Labute approximate surface area is 161 Å². The molecule has 0 fully saturated rings. The number of esters is 2. The molecule has 0 N–H and O–H groups in total. The van der Waals surface area contributed by atoms with Crippen molar-refractivity contribution in [3.63, 3.8) is 0 Å². The molecule has 0 atom stereocenters. The van der Waals surface area contributed by atoms with E-state index in [1.165, 1.54) is 0 Å². The summed E-state index contributed by atoms with van der Waals surface area (Å²) in [5.74, 6) is 0.119. The van der Waals surface area contributed by atoms with Gasteiger partial charge in [0.25, 0.3) is 0 Å². The zero-order valence-electron chi connectivity index (χ0n) is 17.0. The molecule has 0 radical (unpaired) electrons. The Morgan fingerprint density at radius 2 is 1.70 bits per heavy atom. The van der Waals surface area contributed by atoms with E-state index in [-0.39, 0.29) is 37.6 Å². The maximum Gasteiger partial charge on any atom is 0.306 e. The molecule has 1 rings (SSSR count). The van der Waals surface area contributed by atoms with Gasteiger partial charge in [-0.3, -0.25) is 9.59 Å². The predicted octanol–water partition coefficient (Wildman–Crippen LogP) is 3.07. The van der Waals surface area contributed by atoms with Gasteiger partial charge >= 0.3 is 11.9 Å². The average molecular weight is 383 g/mol. The van der Waals surface area contributed by atoms with Crippen LogP contribution in [0.1, 0.15) is 71.5 Å². The first-order valence-electron chi connectivity index (χ1n) is 9.68.